The number of hydrogen-bond donors (Lipinski definition) is 3. The number of carboxylic acids is 1. The maximum absolute atomic E-state index is 12.6. The Hall–Kier alpha value is -2.04. The van der Waals surface area contributed by atoms with Gasteiger partial charge in [-0.3, -0.25) is 23.4 Å². The minimum Gasteiger partial charge on any atom is -0.480 e. The summed E-state index contributed by atoms with van der Waals surface area (Å²) in [5.74, 6) is -2.38. The first-order valence-electron chi connectivity index (χ1n) is 22.9. The smallest absolute Gasteiger partial charge is 0.472 e. The summed E-state index contributed by atoms with van der Waals surface area (Å²) in [5.41, 5.74) is 5.34. The molecule has 0 heterocycles. The standard InChI is InChI=1S/C45H84NO10P/c1-3-5-7-9-11-13-15-17-19-21-23-24-26-28-30-32-34-36-43(47)53-38-41(39-54-57(51,52)55-40-42(46)45(49)50)56-44(48)37-35-33-31-29-27-25-22-20-18-16-14-12-10-8-6-4-2/h11,13,17,19,41-42H,3-10,12,14-16,18,20-40,46H2,1-2H3,(H,49,50)(H,51,52)/b13-11+,19-17+/t41-,42+/m1/s1. The fourth-order valence-corrected chi connectivity index (χ4v) is 7.11. The lowest BCUT2D eigenvalue weighted by Gasteiger charge is -2.20. The third-order valence-electron chi connectivity index (χ3n) is 9.95. The van der Waals surface area contributed by atoms with Crippen molar-refractivity contribution >= 4 is 25.7 Å². The molecule has 0 saturated heterocycles. The summed E-state index contributed by atoms with van der Waals surface area (Å²) in [7, 11) is -4.71. The number of nitrogens with two attached hydrogens (primary N) is 1. The molecule has 0 amide bonds. The second-order valence-corrected chi connectivity index (χ2v) is 17.0. The molecule has 3 atom stereocenters. The Morgan fingerprint density at radius 2 is 0.930 bits per heavy atom. The van der Waals surface area contributed by atoms with Gasteiger partial charge in [-0.05, 0) is 44.9 Å². The van der Waals surface area contributed by atoms with Gasteiger partial charge >= 0.3 is 25.7 Å². The molecule has 0 rings (SSSR count). The number of unbranched alkanes of at least 4 members (excludes halogenated alkanes) is 25. The van der Waals surface area contributed by atoms with E-state index in [1.807, 2.05) is 0 Å². The second-order valence-electron chi connectivity index (χ2n) is 15.5. The van der Waals surface area contributed by atoms with E-state index in [1.165, 1.54) is 122 Å². The zero-order valence-corrected chi connectivity index (χ0v) is 37.1. The van der Waals surface area contributed by atoms with Gasteiger partial charge in [0, 0.05) is 12.8 Å². The van der Waals surface area contributed by atoms with Crippen LogP contribution >= 0.6 is 7.82 Å². The maximum Gasteiger partial charge on any atom is 0.472 e. The summed E-state index contributed by atoms with van der Waals surface area (Å²) in [6.45, 7) is 2.79. The van der Waals surface area contributed by atoms with Gasteiger partial charge in [0.2, 0.25) is 0 Å². The van der Waals surface area contributed by atoms with Crippen LogP contribution in [0.1, 0.15) is 213 Å². The van der Waals surface area contributed by atoms with Crippen LogP contribution in [0.2, 0.25) is 0 Å². The molecule has 0 radical (unpaired) electrons. The SMILES string of the molecule is CCCCC/C=C/C/C=C/CCCCCCCCCC(=O)OC[C@H](COP(=O)(O)OC[C@H](N)C(=O)O)OC(=O)CCCCCCCCCCCCCCCCCC. The van der Waals surface area contributed by atoms with Crippen LogP contribution in [0.4, 0.5) is 0 Å². The molecule has 0 aliphatic carbocycles. The number of ether oxygens (including phenoxy) is 2. The Balaban J connectivity index is 4.32. The lowest BCUT2D eigenvalue weighted by Crippen LogP contribution is -2.34. The third kappa shape index (κ3) is 40.5. The molecule has 0 aliphatic rings. The number of phosphoric acid groups is 1. The quantitative estimate of drug-likeness (QED) is 0.0231. The topological polar surface area (TPSA) is 172 Å². The van der Waals surface area contributed by atoms with Crippen molar-refractivity contribution < 1.29 is 47.5 Å². The number of hydrogen-bond acceptors (Lipinski definition) is 9. The van der Waals surface area contributed by atoms with Crippen molar-refractivity contribution in [1.82, 2.24) is 0 Å². The molecule has 11 nitrogen and oxygen atoms in total. The van der Waals surface area contributed by atoms with Gasteiger partial charge < -0.3 is 25.2 Å². The van der Waals surface area contributed by atoms with Crippen LogP contribution in [-0.4, -0.2) is 59.9 Å². The number of esters is 2. The molecule has 1 unspecified atom stereocenters. The molecular formula is C45H84NO10P. The van der Waals surface area contributed by atoms with Gasteiger partial charge in [0.05, 0.1) is 13.2 Å². The molecule has 0 aromatic carbocycles. The maximum atomic E-state index is 12.6. The predicted molar refractivity (Wildman–Crippen MR) is 231 cm³/mol. The molecule has 0 bridgehead atoms. The highest BCUT2D eigenvalue weighted by molar-refractivity contribution is 7.47. The van der Waals surface area contributed by atoms with Gasteiger partial charge in [0.1, 0.15) is 12.6 Å². The summed E-state index contributed by atoms with van der Waals surface area (Å²) in [5, 5.41) is 8.89. The molecule has 57 heavy (non-hydrogen) atoms. The number of aliphatic carboxylic acids is 1. The van der Waals surface area contributed by atoms with Crippen molar-refractivity contribution in [3.63, 3.8) is 0 Å². The number of carbonyl (C=O) groups excluding carboxylic acids is 2. The zero-order chi connectivity index (χ0) is 42.1. The van der Waals surface area contributed by atoms with E-state index in [2.05, 4.69) is 42.7 Å². The van der Waals surface area contributed by atoms with Crippen LogP contribution in [-0.2, 0) is 37.5 Å². The van der Waals surface area contributed by atoms with Crippen LogP contribution in [0.15, 0.2) is 24.3 Å². The highest BCUT2D eigenvalue weighted by Gasteiger charge is 2.28. The van der Waals surface area contributed by atoms with Crippen molar-refractivity contribution in [2.24, 2.45) is 5.73 Å². The molecule has 12 heteroatoms. The largest absolute Gasteiger partial charge is 0.480 e. The zero-order valence-electron chi connectivity index (χ0n) is 36.2. The lowest BCUT2D eigenvalue weighted by molar-refractivity contribution is -0.161. The van der Waals surface area contributed by atoms with Gasteiger partial charge in [-0.15, -0.1) is 0 Å². The van der Waals surface area contributed by atoms with Crippen molar-refractivity contribution in [2.75, 3.05) is 19.8 Å². The minimum absolute atomic E-state index is 0.164. The summed E-state index contributed by atoms with van der Waals surface area (Å²) >= 11 is 0. The fourth-order valence-electron chi connectivity index (χ4n) is 6.33. The van der Waals surface area contributed by atoms with Gasteiger partial charge in [0.25, 0.3) is 0 Å². The Kier molecular flexibility index (Phi) is 39.3. The van der Waals surface area contributed by atoms with Gasteiger partial charge in [-0.2, -0.15) is 0 Å². The van der Waals surface area contributed by atoms with Crippen molar-refractivity contribution in [1.29, 1.82) is 0 Å². The van der Waals surface area contributed by atoms with Gasteiger partial charge in [-0.1, -0.05) is 179 Å². The lowest BCUT2D eigenvalue weighted by atomic mass is 10.0. The van der Waals surface area contributed by atoms with E-state index in [0.717, 1.165) is 51.4 Å². The van der Waals surface area contributed by atoms with E-state index >= 15 is 0 Å². The third-order valence-corrected chi connectivity index (χ3v) is 10.9. The number of rotatable bonds is 43. The van der Waals surface area contributed by atoms with Crippen molar-refractivity contribution in [3.05, 3.63) is 24.3 Å². The Morgan fingerprint density at radius 3 is 1.40 bits per heavy atom. The van der Waals surface area contributed by atoms with Crippen LogP contribution in [0.25, 0.3) is 0 Å². The van der Waals surface area contributed by atoms with Crippen molar-refractivity contribution in [2.45, 2.75) is 225 Å². The normalized spacial score (nSPS) is 13.9. The first-order chi connectivity index (χ1) is 27.6. The molecule has 0 aliphatic heterocycles. The second kappa shape index (κ2) is 40.7. The monoisotopic (exact) mass is 830 g/mol. The van der Waals surface area contributed by atoms with Crippen LogP contribution in [0.5, 0.6) is 0 Å². The van der Waals surface area contributed by atoms with Crippen LogP contribution < -0.4 is 5.73 Å². The van der Waals surface area contributed by atoms with Gasteiger partial charge in [-0.25, -0.2) is 4.57 Å². The summed E-state index contributed by atoms with van der Waals surface area (Å²) in [6, 6.07) is -1.52. The fraction of sp³-hybridized carbons (Fsp3) is 0.844. The van der Waals surface area contributed by atoms with E-state index in [9.17, 15) is 23.8 Å². The molecular weight excluding hydrogens is 745 g/mol. The minimum atomic E-state index is -4.71. The summed E-state index contributed by atoms with van der Waals surface area (Å²) in [6.07, 6.45) is 42.3. The average Bonchev–Trinajstić information content (AvgIpc) is 3.19. The summed E-state index contributed by atoms with van der Waals surface area (Å²) in [4.78, 5) is 46.0. The van der Waals surface area contributed by atoms with E-state index in [4.69, 9.17) is 24.8 Å². The Labute approximate surface area is 347 Å². The molecule has 334 valence electrons. The number of carboxylic acid groups (broad SMARTS) is 1. The molecule has 0 spiro atoms. The molecule has 0 aromatic rings. The first kappa shape index (κ1) is 55.0. The first-order valence-corrected chi connectivity index (χ1v) is 24.4. The highest BCUT2D eigenvalue weighted by atomic mass is 31.2. The number of carbonyl (C=O) groups is 3. The predicted octanol–water partition coefficient (Wildman–Crippen LogP) is 12.2. The van der Waals surface area contributed by atoms with Crippen LogP contribution in [0, 0.1) is 0 Å². The van der Waals surface area contributed by atoms with E-state index in [0.29, 0.717) is 12.8 Å². The summed E-state index contributed by atoms with van der Waals surface area (Å²) < 4.78 is 32.7. The Bertz CT molecular complexity index is 1070. The van der Waals surface area contributed by atoms with E-state index < -0.39 is 51.1 Å². The molecule has 4 N–H and O–H groups in total. The molecule has 0 fully saturated rings. The van der Waals surface area contributed by atoms with E-state index in [1.54, 1.807) is 0 Å². The molecule has 0 saturated carbocycles. The van der Waals surface area contributed by atoms with Gasteiger partial charge in [0.15, 0.2) is 6.10 Å². The number of allylic oxidation sites excluding steroid dienone is 4. The molecule has 0 aromatic heterocycles. The Morgan fingerprint density at radius 1 is 0.544 bits per heavy atom. The van der Waals surface area contributed by atoms with Crippen molar-refractivity contribution in [3.8, 4) is 0 Å². The average molecular weight is 830 g/mol. The van der Waals surface area contributed by atoms with E-state index in [-0.39, 0.29) is 19.4 Å². The number of phosphoric ester groups is 1. The highest BCUT2D eigenvalue weighted by Crippen LogP contribution is 2.43. The van der Waals surface area contributed by atoms with Crippen LogP contribution in [0.3, 0.4) is 0 Å².